The van der Waals surface area contributed by atoms with Crippen LogP contribution < -0.4 is 10.6 Å². The third-order valence-electron chi connectivity index (χ3n) is 5.32. The second-order valence-electron chi connectivity index (χ2n) is 6.52. The lowest BCUT2D eigenvalue weighted by Crippen LogP contribution is -2.50. The van der Waals surface area contributed by atoms with E-state index in [0.717, 1.165) is 53.5 Å². The third kappa shape index (κ3) is 2.25. The van der Waals surface area contributed by atoms with E-state index in [1.54, 1.807) is 0 Å². The molecule has 3 aliphatic heterocycles. The highest BCUT2D eigenvalue weighted by atomic mass is 127. The van der Waals surface area contributed by atoms with Crippen molar-refractivity contribution in [2.45, 2.75) is 38.5 Å². The molecule has 2 fully saturated rings. The van der Waals surface area contributed by atoms with E-state index in [1.165, 1.54) is 0 Å². The van der Waals surface area contributed by atoms with Gasteiger partial charge in [0, 0.05) is 24.5 Å². The Bertz CT molecular complexity index is 626. The van der Waals surface area contributed by atoms with E-state index in [1.807, 2.05) is 6.20 Å². The summed E-state index contributed by atoms with van der Waals surface area (Å²) in [4.78, 5) is 16.0. The van der Waals surface area contributed by atoms with Crippen LogP contribution >= 0.6 is 22.6 Å². The predicted octanol–water partition coefficient (Wildman–Crippen LogP) is 1.50. The van der Waals surface area contributed by atoms with Crippen molar-refractivity contribution in [2.24, 2.45) is 16.1 Å². The van der Waals surface area contributed by atoms with Gasteiger partial charge in [0.2, 0.25) is 0 Å². The van der Waals surface area contributed by atoms with Gasteiger partial charge in [0.25, 0.3) is 0 Å². The lowest BCUT2D eigenvalue weighted by Gasteiger charge is -2.41. The van der Waals surface area contributed by atoms with Gasteiger partial charge in [-0.05, 0) is 42.4 Å². The minimum Gasteiger partial charge on any atom is -0.376 e. The first-order valence-electron chi connectivity index (χ1n) is 7.77. The predicted molar refractivity (Wildman–Crippen MR) is 93.6 cm³/mol. The van der Waals surface area contributed by atoms with Crippen LogP contribution in [0.4, 0.5) is 5.82 Å². The summed E-state index contributed by atoms with van der Waals surface area (Å²) in [5.74, 6) is 0.968. The van der Waals surface area contributed by atoms with Gasteiger partial charge >= 0.3 is 0 Å². The Balaban J connectivity index is 1.49. The van der Waals surface area contributed by atoms with E-state index < -0.39 is 0 Å². The lowest BCUT2D eigenvalue weighted by atomic mass is 9.73. The number of aromatic nitrogens is 2. The zero-order valence-corrected chi connectivity index (χ0v) is 14.8. The zero-order valence-electron chi connectivity index (χ0n) is 12.6. The largest absolute Gasteiger partial charge is 0.376 e. The van der Waals surface area contributed by atoms with Crippen molar-refractivity contribution < 1.29 is 4.74 Å². The zero-order chi connectivity index (χ0) is 15.3. The summed E-state index contributed by atoms with van der Waals surface area (Å²) in [5, 5.41) is 0. The first-order valence-corrected chi connectivity index (χ1v) is 8.85. The molecule has 7 heteroatoms. The molecule has 6 nitrogen and oxygen atoms in total. The molecule has 2 atom stereocenters. The third-order valence-corrected chi connectivity index (χ3v) is 6.18. The number of aliphatic imine (C=N–C) groups is 1. The first kappa shape index (κ1) is 14.8. The number of anilines is 1. The molecule has 118 valence electrons. The number of piperidine rings is 1. The average Bonchev–Trinajstić information content (AvgIpc) is 3.04. The second kappa shape index (κ2) is 5.38. The van der Waals surface area contributed by atoms with Crippen LogP contribution in [0, 0.1) is 5.41 Å². The second-order valence-corrected chi connectivity index (χ2v) is 7.54. The minimum atomic E-state index is 0.149. The maximum atomic E-state index is 6.37. The Hall–Kier alpha value is -0.800. The van der Waals surface area contributed by atoms with Crippen molar-refractivity contribution in [2.75, 3.05) is 24.6 Å². The molecule has 0 aromatic carbocycles. The summed E-state index contributed by atoms with van der Waals surface area (Å²) < 4.78 is 6.75. The average molecular weight is 413 g/mol. The van der Waals surface area contributed by atoms with Crippen LogP contribution in [-0.4, -0.2) is 45.5 Å². The van der Waals surface area contributed by atoms with Gasteiger partial charge in [-0.15, -0.1) is 0 Å². The summed E-state index contributed by atoms with van der Waals surface area (Å²) in [6, 6.07) is 0.149. The molecule has 1 spiro atoms. The molecule has 4 rings (SSSR count). The molecule has 0 amide bonds. The summed E-state index contributed by atoms with van der Waals surface area (Å²) in [5.41, 5.74) is 8.46. The molecule has 22 heavy (non-hydrogen) atoms. The van der Waals surface area contributed by atoms with Gasteiger partial charge in [0.15, 0.2) is 0 Å². The molecule has 0 unspecified atom stereocenters. The molecule has 4 heterocycles. The van der Waals surface area contributed by atoms with E-state index >= 15 is 0 Å². The number of nitrogens with two attached hydrogens (primary N) is 1. The molecule has 2 saturated heterocycles. The fourth-order valence-corrected chi connectivity index (χ4v) is 4.35. The maximum Gasteiger partial charge on any atom is 0.147 e. The lowest BCUT2D eigenvalue weighted by molar-refractivity contribution is 0.0974. The van der Waals surface area contributed by atoms with Crippen molar-refractivity contribution >= 4 is 32.1 Å². The van der Waals surface area contributed by atoms with Crippen LogP contribution in [-0.2, 0) is 11.3 Å². The summed E-state index contributed by atoms with van der Waals surface area (Å²) in [6.45, 7) is 5.47. The van der Waals surface area contributed by atoms with Crippen molar-refractivity contribution in [1.82, 2.24) is 9.97 Å². The Kier molecular flexibility index (Phi) is 3.61. The first-order chi connectivity index (χ1) is 10.6. The van der Waals surface area contributed by atoms with E-state index in [9.17, 15) is 0 Å². The monoisotopic (exact) mass is 413 g/mol. The molecule has 2 N–H and O–H groups in total. The molecule has 0 saturated carbocycles. The molecule has 3 aliphatic rings. The molecule has 1 aromatic rings. The summed E-state index contributed by atoms with van der Waals surface area (Å²) in [6.07, 6.45) is 4.17. The van der Waals surface area contributed by atoms with Crippen molar-refractivity contribution in [1.29, 1.82) is 0 Å². The fourth-order valence-electron chi connectivity index (χ4n) is 3.73. The van der Waals surface area contributed by atoms with Gasteiger partial charge in [-0.2, -0.15) is 0 Å². The van der Waals surface area contributed by atoms with E-state index in [0.29, 0.717) is 6.54 Å². The fraction of sp³-hybridized carbons (Fsp3) is 0.667. The molecular weight excluding hydrogens is 393 g/mol. The Morgan fingerprint density at radius 3 is 2.86 bits per heavy atom. The van der Waals surface area contributed by atoms with Crippen molar-refractivity contribution in [3.05, 3.63) is 17.6 Å². The summed E-state index contributed by atoms with van der Waals surface area (Å²) >= 11 is 2.22. The number of hydrogen-bond acceptors (Lipinski definition) is 6. The van der Waals surface area contributed by atoms with Crippen LogP contribution in [0.3, 0.4) is 0 Å². The highest BCUT2D eigenvalue weighted by Gasteiger charge is 2.47. The van der Waals surface area contributed by atoms with Gasteiger partial charge in [-0.1, -0.05) is 0 Å². The Morgan fingerprint density at radius 2 is 2.18 bits per heavy atom. The molecule has 0 bridgehead atoms. The van der Waals surface area contributed by atoms with E-state index in [2.05, 4.69) is 44.4 Å². The van der Waals surface area contributed by atoms with Gasteiger partial charge < -0.3 is 15.4 Å². The number of nitrogens with zero attached hydrogens (tertiary/aromatic N) is 4. The van der Waals surface area contributed by atoms with Crippen LogP contribution in [0.25, 0.3) is 0 Å². The molecule has 1 aromatic heterocycles. The highest BCUT2D eigenvalue weighted by molar-refractivity contribution is 14.1. The van der Waals surface area contributed by atoms with Gasteiger partial charge in [0.05, 0.1) is 31.1 Å². The molecule has 0 aliphatic carbocycles. The van der Waals surface area contributed by atoms with Crippen LogP contribution in [0.1, 0.15) is 31.2 Å². The number of rotatable bonds is 1. The number of halogens is 1. The molecular formula is C15H20IN5O. The number of ether oxygens (including phenoxy) is 1. The van der Waals surface area contributed by atoms with Crippen LogP contribution in [0.15, 0.2) is 11.2 Å². The quantitative estimate of drug-likeness (QED) is 0.707. The van der Waals surface area contributed by atoms with Gasteiger partial charge in [-0.3, -0.25) is 4.99 Å². The van der Waals surface area contributed by atoms with E-state index in [-0.39, 0.29) is 17.6 Å². The van der Waals surface area contributed by atoms with Gasteiger partial charge in [0.1, 0.15) is 15.2 Å². The molecule has 0 radical (unpaired) electrons. The van der Waals surface area contributed by atoms with Crippen LogP contribution in [0.5, 0.6) is 0 Å². The number of fused-ring (bicyclic) bond motifs is 1. The van der Waals surface area contributed by atoms with Crippen molar-refractivity contribution in [3.63, 3.8) is 0 Å². The Morgan fingerprint density at radius 1 is 1.41 bits per heavy atom. The standard InChI is InChI=1S/C15H20IN5O/c1-9-13(17)15(8-22-9)2-4-21(5-3-15)11-7-18-12-10(20-11)6-19-14(12)16/h7,9,13H,2-6,8,17H2,1H3/t9-,13+/m0/s1. The normalized spacial score (nSPS) is 29.8. The van der Waals surface area contributed by atoms with Crippen molar-refractivity contribution in [3.8, 4) is 0 Å². The maximum absolute atomic E-state index is 6.37. The van der Waals surface area contributed by atoms with Gasteiger partial charge in [-0.25, -0.2) is 9.97 Å². The minimum absolute atomic E-state index is 0.149. The smallest absolute Gasteiger partial charge is 0.147 e. The Labute approximate surface area is 143 Å². The topological polar surface area (TPSA) is 76.6 Å². The SMILES string of the molecule is C[C@@H]1OCC2(CCN(c3cnc4c(n3)CN=C4I)CC2)[C@@H]1N. The van der Waals surface area contributed by atoms with E-state index in [4.69, 9.17) is 15.5 Å². The number of hydrogen-bond donors (Lipinski definition) is 1. The highest BCUT2D eigenvalue weighted by Crippen LogP contribution is 2.41. The van der Waals surface area contributed by atoms with Crippen LogP contribution in [0.2, 0.25) is 0 Å². The summed E-state index contributed by atoms with van der Waals surface area (Å²) in [7, 11) is 0.